The average molecular weight is 301 g/mol. The average Bonchev–Trinajstić information content (AvgIpc) is 2.87. The molecular formula is C17H23N3O2. The van der Waals surface area contributed by atoms with Crippen LogP contribution >= 0.6 is 0 Å². The number of fused-ring (bicyclic) bond motifs is 1. The van der Waals surface area contributed by atoms with Gasteiger partial charge in [-0.25, -0.2) is 0 Å². The topological polar surface area (TPSA) is 74.0 Å². The van der Waals surface area contributed by atoms with E-state index in [9.17, 15) is 9.59 Å². The standard InChI is InChI=1S/C17H23N3O2/c1-10(2)16(21)18-5-6-19-17(22)15-9-13-12(4)7-11(3)8-14(13)20-15/h7-10,20H,5-6H2,1-4H3,(H,18,21)(H,19,22). The first kappa shape index (κ1) is 16.1. The first-order chi connectivity index (χ1) is 10.4. The van der Waals surface area contributed by atoms with Crippen LogP contribution in [0.25, 0.3) is 10.9 Å². The molecule has 0 saturated carbocycles. The Hall–Kier alpha value is -2.30. The second-order valence-corrected chi connectivity index (χ2v) is 5.93. The fourth-order valence-corrected chi connectivity index (χ4v) is 2.38. The van der Waals surface area contributed by atoms with Gasteiger partial charge >= 0.3 is 0 Å². The minimum absolute atomic E-state index is 0.00837. The first-order valence-electron chi connectivity index (χ1n) is 7.54. The molecule has 5 nitrogen and oxygen atoms in total. The predicted octanol–water partition coefficient (Wildman–Crippen LogP) is 2.29. The number of hydrogen-bond acceptors (Lipinski definition) is 2. The van der Waals surface area contributed by atoms with Gasteiger partial charge in [0.05, 0.1) is 0 Å². The highest BCUT2D eigenvalue weighted by Crippen LogP contribution is 2.21. The second kappa shape index (κ2) is 6.64. The van der Waals surface area contributed by atoms with Gasteiger partial charge in [0.2, 0.25) is 5.91 Å². The van der Waals surface area contributed by atoms with Gasteiger partial charge in [0.15, 0.2) is 0 Å². The van der Waals surface area contributed by atoms with Crippen LogP contribution in [-0.2, 0) is 4.79 Å². The van der Waals surface area contributed by atoms with Crippen molar-refractivity contribution in [2.75, 3.05) is 13.1 Å². The quantitative estimate of drug-likeness (QED) is 0.741. The molecule has 2 rings (SSSR count). The van der Waals surface area contributed by atoms with Gasteiger partial charge in [-0.2, -0.15) is 0 Å². The maximum Gasteiger partial charge on any atom is 0.267 e. The molecule has 0 aliphatic rings. The van der Waals surface area contributed by atoms with Gasteiger partial charge in [-0.1, -0.05) is 19.9 Å². The zero-order chi connectivity index (χ0) is 16.3. The van der Waals surface area contributed by atoms with Crippen molar-refractivity contribution >= 4 is 22.7 Å². The molecule has 0 spiro atoms. The van der Waals surface area contributed by atoms with E-state index < -0.39 is 0 Å². The lowest BCUT2D eigenvalue weighted by atomic mass is 10.1. The summed E-state index contributed by atoms with van der Waals surface area (Å²) in [4.78, 5) is 26.7. The summed E-state index contributed by atoms with van der Waals surface area (Å²) in [6.07, 6.45) is 0. The van der Waals surface area contributed by atoms with E-state index in [-0.39, 0.29) is 17.7 Å². The normalized spacial score (nSPS) is 11.0. The molecule has 0 radical (unpaired) electrons. The molecule has 0 atom stereocenters. The van der Waals surface area contributed by atoms with Gasteiger partial charge in [-0.3, -0.25) is 9.59 Å². The summed E-state index contributed by atoms with van der Waals surface area (Å²) in [6.45, 7) is 8.58. The van der Waals surface area contributed by atoms with E-state index in [0.717, 1.165) is 22.0 Å². The van der Waals surface area contributed by atoms with Crippen LogP contribution in [0.1, 0.15) is 35.5 Å². The number of carbonyl (C=O) groups is 2. The van der Waals surface area contributed by atoms with Crippen LogP contribution < -0.4 is 10.6 Å². The third-order valence-corrected chi connectivity index (χ3v) is 3.57. The summed E-state index contributed by atoms with van der Waals surface area (Å²) in [7, 11) is 0. The van der Waals surface area contributed by atoms with Crippen LogP contribution in [0.4, 0.5) is 0 Å². The number of carbonyl (C=O) groups excluding carboxylic acids is 2. The van der Waals surface area contributed by atoms with E-state index in [0.29, 0.717) is 18.8 Å². The second-order valence-electron chi connectivity index (χ2n) is 5.93. The van der Waals surface area contributed by atoms with E-state index in [1.54, 1.807) is 0 Å². The van der Waals surface area contributed by atoms with Crippen molar-refractivity contribution in [3.63, 3.8) is 0 Å². The van der Waals surface area contributed by atoms with Crippen molar-refractivity contribution in [1.29, 1.82) is 0 Å². The third kappa shape index (κ3) is 3.67. The molecule has 1 aromatic heterocycles. The molecule has 2 aromatic rings. The fraction of sp³-hybridized carbons (Fsp3) is 0.412. The molecule has 118 valence electrons. The summed E-state index contributed by atoms with van der Waals surface area (Å²) in [5, 5.41) is 6.63. The largest absolute Gasteiger partial charge is 0.354 e. The molecular weight excluding hydrogens is 278 g/mol. The van der Waals surface area contributed by atoms with Crippen molar-refractivity contribution < 1.29 is 9.59 Å². The molecule has 3 N–H and O–H groups in total. The molecule has 0 fully saturated rings. The van der Waals surface area contributed by atoms with Crippen LogP contribution in [-0.4, -0.2) is 29.9 Å². The Labute approximate surface area is 130 Å². The lowest BCUT2D eigenvalue weighted by molar-refractivity contribution is -0.123. The number of rotatable bonds is 5. The fourth-order valence-electron chi connectivity index (χ4n) is 2.38. The molecule has 0 unspecified atom stereocenters. The number of aromatic nitrogens is 1. The molecule has 0 bridgehead atoms. The minimum atomic E-state index is -0.160. The Morgan fingerprint density at radius 3 is 2.45 bits per heavy atom. The van der Waals surface area contributed by atoms with Gasteiger partial charge in [0, 0.05) is 29.9 Å². The van der Waals surface area contributed by atoms with E-state index in [4.69, 9.17) is 0 Å². The van der Waals surface area contributed by atoms with Crippen LogP contribution in [0.5, 0.6) is 0 Å². The van der Waals surface area contributed by atoms with E-state index in [2.05, 4.69) is 21.7 Å². The van der Waals surface area contributed by atoms with E-state index in [1.807, 2.05) is 39.8 Å². The molecule has 0 aliphatic heterocycles. The van der Waals surface area contributed by atoms with E-state index >= 15 is 0 Å². The number of amides is 2. The number of H-pyrrole nitrogens is 1. The Morgan fingerprint density at radius 1 is 1.09 bits per heavy atom. The van der Waals surface area contributed by atoms with Crippen molar-refractivity contribution in [3.8, 4) is 0 Å². The van der Waals surface area contributed by atoms with Gasteiger partial charge in [0.1, 0.15) is 5.69 Å². The maximum absolute atomic E-state index is 12.1. The van der Waals surface area contributed by atoms with Crippen LogP contribution in [0, 0.1) is 19.8 Å². The van der Waals surface area contributed by atoms with Crippen LogP contribution in [0.15, 0.2) is 18.2 Å². The lowest BCUT2D eigenvalue weighted by Gasteiger charge is -2.08. The molecule has 1 aromatic carbocycles. The van der Waals surface area contributed by atoms with Gasteiger partial charge in [-0.15, -0.1) is 0 Å². The zero-order valence-corrected chi connectivity index (χ0v) is 13.5. The van der Waals surface area contributed by atoms with Crippen LogP contribution in [0.3, 0.4) is 0 Å². The SMILES string of the molecule is Cc1cc(C)c2cc(C(=O)NCCNC(=O)C(C)C)[nH]c2c1. The molecule has 22 heavy (non-hydrogen) atoms. The van der Waals surface area contributed by atoms with Crippen LogP contribution in [0.2, 0.25) is 0 Å². The van der Waals surface area contributed by atoms with Gasteiger partial charge < -0.3 is 15.6 Å². The highest BCUT2D eigenvalue weighted by atomic mass is 16.2. The molecule has 0 saturated heterocycles. The van der Waals surface area contributed by atoms with Gasteiger partial charge in [-0.05, 0) is 37.1 Å². The minimum Gasteiger partial charge on any atom is -0.354 e. The molecule has 1 heterocycles. The number of aryl methyl sites for hydroxylation is 2. The van der Waals surface area contributed by atoms with Crippen molar-refractivity contribution in [1.82, 2.24) is 15.6 Å². The Balaban J connectivity index is 1.96. The highest BCUT2D eigenvalue weighted by molar-refractivity contribution is 5.99. The lowest BCUT2D eigenvalue weighted by Crippen LogP contribution is -2.36. The Kier molecular flexibility index (Phi) is 4.85. The summed E-state index contributed by atoms with van der Waals surface area (Å²) < 4.78 is 0. The molecule has 2 amide bonds. The molecule has 5 heteroatoms. The maximum atomic E-state index is 12.1. The predicted molar refractivity (Wildman–Crippen MR) is 88.0 cm³/mol. The zero-order valence-electron chi connectivity index (χ0n) is 13.5. The molecule has 0 aliphatic carbocycles. The summed E-state index contributed by atoms with van der Waals surface area (Å²) in [6, 6.07) is 5.99. The van der Waals surface area contributed by atoms with Gasteiger partial charge in [0.25, 0.3) is 5.91 Å². The van der Waals surface area contributed by atoms with E-state index in [1.165, 1.54) is 0 Å². The Morgan fingerprint density at radius 2 is 1.77 bits per heavy atom. The smallest absolute Gasteiger partial charge is 0.267 e. The number of aromatic amines is 1. The number of benzene rings is 1. The number of nitrogens with one attached hydrogen (secondary N) is 3. The first-order valence-corrected chi connectivity index (χ1v) is 7.54. The summed E-state index contributed by atoms with van der Waals surface area (Å²) >= 11 is 0. The third-order valence-electron chi connectivity index (χ3n) is 3.57. The highest BCUT2D eigenvalue weighted by Gasteiger charge is 2.11. The summed E-state index contributed by atoms with van der Waals surface area (Å²) in [5.74, 6) is -0.214. The van der Waals surface area contributed by atoms with Crippen molar-refractivity contribution in [2.24, 2.45) is 5.92 Å². The Bertz CT molecular complexity index is 701. The van der Waals surface area contributed by atoms with Crippen molar-refractivity contribution in [2.45, 2.75) is 27.7 Å². The monoisotopic (exact) mass is 301 g/mol. The summed E-state index contributed by atoms with van der Waals surface area (Å²) in [5.41, 5.74) is 3.82. The van der Waals surface area contributed by atoms with Crippen molar-refractivity contribution in [3.05, 3.63) is 35.0 Å². The number of hydrogen-bond donors (Lipinski definition) is 3.